The first kappa shape index (κ1) is 14.9. The summed E-state index contributed by atoms with van der Waals surface area (Å²) in [6.07, 6.45) is 0. The van der Waals surface area contributed by atoms with Crippen LogP contribution in [0.4, 0.5) is 5.69 Å². The van der Waals surface area contributed by atoms with E-state index in [0.717, 1.165) is 11.1 Å². The van der Waals surface area contributed by atoms with Gasteiger partial charge >= 0.3 is 0 Å². The van der Waals surface area contributed by atoms with E-state index in [0.29, 0.717) is 11.1 Å². The Morgan fingerprint density at radius 2 is 1.42 bits per heavy atom. The minimum Gasteiger partial charge on any atom is -0.376 e. The van der Waals surface area contributed by atoms with Gasteiger partial charge < -0.3 is 5.11 Å². The zero-order valence-corrected chi connectivity index (χ0v) is 13.2. The lowest BCUT2D eigenvalue weighted by molar-refractivity contribution is -0.386. The maximum absolute atomic E-state index is 11.7. The number of hydrogen-bond donors (Lipinski definition) is 1. The van der Waals surface area contributed by atoms with Crippen LogP contribution in [0.25, 0.3) is 11.1 Å². The van der Waals surface area contributed by atoms with E-state index in [1.54, 1.807) is 30.3 Å². The Kier molecular flexibility index (Phi) is 3.20. The fraction of sp³-hybridized carbons (Fsp3) is 0.0526. The summed E-state index contributed by atoms with van der Waals surface area (Å²) in [5, 5.41) is 23.4. The van der Waals surface area contributed by atoms with Crippen LogP contribution < -0.4 is 0 Å². The van der Waals surface area contributed by atoms with E-state index < -0.39 is 10.5 Å². The van der Waals surface area contributed by atoms with E-state index in [1.807, 2.05) is 24.3 Å². The van der Waals surface area contributed by atoms with Gasteiger partial charge in [-0.1, -0.05) is 66.2 Å². The Morgan fingerprint density at radius 1 is 0.875 bits per heavy atom. The number of rotatable bonds is 2. The molecule has 0 aliphatic heterocycles. The quantitative estimate of drug-likeness (QED) is 0.552. The molecule has 1 aliphatic rings. The van der Waals surface area contributed by atoms with Crippen molar-refractivity contribution < 1.29 is 10.0 Å². The Bertz CT molecular complexity index is 938. The number of nitro benzene ring substituents is 1. The van der Waals surface area contributed by atoms with Crippen LogP contribution in [0.5, 0.6) is 0 Å². The molecule has 0 bridgehead atoms. The highest BCUT2D eigenvalue weighted by molar-refractivity contribution is 6.32. The second-order valence-corrected chi connectivity index (χ2v) is 6.10. The fourth-order valence-electron chi connectivity index (χ4n) is 3.50. The summed E-state index contributed by atoms with van der Waals surface area (Å²) in [4.78, 5) is 11.0. The third-order valence-electron chi connectivity index (χ3n) is 4.47. The maximum Gasteiger partial charge on any atom is 0.277 e. The molecule has 0 radical (unpaired) electrons. The van der Waals surface area contributed by atoms with E-state index in [9.17, 15) is 15.2 Å². The van der Waals surface area contributed by atoms with Crippen molar-refractivity contribution in [1.29, 1.82) is 0 Å². The largest absolute Gasteiger partial charge is 0.376 e. The summed E-state index contributed by atoms with van der Waals surface area (Å²) in [7, 11) is 0. The van der Waals surface area contributed by atoms with Crippen LogP contribution in [-0.2, 0) is 5.60 Å². The topological polar surface area (TPSA) is 63.4 Å². The van der Waals surface area contributed by atoms with Crippen molar-refractivity contribution in [2.75, 3.05) is 0 Å². The van der Waals surface area contributed by atoms with Gasteiger partial charge in [-0.3, -0.25) is 10.1 Å². The zero-order valence-electron chi connectivity index (χ0n) is 12.4. The Hall–Kier alpha value is -2.69. The first-order valence-electron chi connectivity index (χ1n) is 7.40. The molecule has 4 rings (SSSR count). The molecule has 5 heteroatoms. The van der Waals surface area contributed by atoms with Gasteiger partial charge in [0.05, 0.1) is 15.5 Å². The number of benzene rings is 3. The van der Waals surface area contributed by atoms with Crippen molar-refractivity contribution >= 4 is 17.3 Å². The zero-order chi connectivity index (χ0) is 16.9. The van der Waals surface area contributed by atoms with Gasteiger partial charge in [-0.05, 0) is 17.2 Å². The van der Waals surface area contributed by atoms with Gasteiger partial charge in [-0.25, -0.2) is 0 Å². The first-order valence-corrected chi connectivity index (χ1v) is 7.78. The molecule has 0 saturated carbocycles. The predicted octanol–water partition coefficient (Wildman–Crippen LogP) is 4.51. The molecule has 0 aromatic heterocycles. The molecule has 1 N–H and O–H groups in total. The first-order chi connectivity index (χ1) is 11.5. The highest BCUT2D eigenvalue weighted by atomic mass is 35.5. The minimum atomic E-state index is -1.66. The molecule has 4 nitrogen and oxygen atoms in total. The maximum atomic E-state index is 11.7. The lowest BCUT2D eigenvalue weighted by Crippen LogP contribution is -2.27. The van der Waals surface area contributed by atoms with Crippen molar-refractivity contribution in [2.24, 2.45) is 0 Å². The van der Waals surface area contributed by atoms with E-state index >= 15 is 0 Å². The standard InChI is InChI=1S/C19H12ClNO3/c20-16-10-5-11-17(21(23)24)18(16)19(22)14-8-3-1-6-12(14)13-7-2-4-9-15(13)19/h1-11,22H. The van der Waals surface area contributed by atoms with Crippen LogP contribution in [0.2, 0.25) is 5.02 Å². The Morgan fingerprint density at radius 3 is 1.96 bits per heavy atom. The lowest BCUT2D eigenvalue weighted by atomic mass is 9.83. The van der Waals surface area contributed by atoms with E-state index in [4.69, 9.17) is 11.6 Å². The van der Waals surface area contributed by atoms with Gasteiger partial charge in [0.2, 0.25) is 0 Å². The summed E-state index contributed by atoms with van der Waals surface area (Å²) in [5.74, 6) is 0. The van der Waals surface area contributed by atoms with Gasteiger partial charge in [-0.15, -0.1) is 0 Å². The van der Waals surface area contributed by atoms with Gasteiger partial charge in [0.1, 0.15) is 5.60 Å². The molecule has 24 heavy (non-hydrogen) atoms. The van der Waals surface area contributed by atoms with Gasteiger partial charge in [0, 0.05) is 17.2 Å². The van der Waals surface area contributed by atoms with Gasteiger partial charge in [0.15, 0.2) is 0 Å². The second-order valence-electron chi connectivity index (χ2n) is 5.69. The normalized spacial score (nSPS) is 14.1. The van der Waals surface area contributed by atoms with Gasteiger partial charge in [-0.2, -0.15) is 0 Å². The molecule has 0 spiro atoms. The fourth-order valence-corrected chi connectivity index (χ4v) is 3.81. The summed E-state index contributed by atoms with van der Waals surface area (Å²) in [6, 6.07) is 19.2. The van der Waals surface area contributed by atoms with Crippen molar-refractivity contribution in [3.8, 4) is 11.1 Å². The molecule has 3 aromatic rings. The molecular formula is C19H12ClNO3. The molecule has 1 aliphatic carbocycles. The molecular weight excluding hydrogens is 326 g/mol. The van der Waals surface area contributed by atoms with Crippen LogP contribution in [0.15, 0.2) is 66.7 Å². The molecule has 118 valence electrons. The second kappa shape index (κ2) is 5.16. The van der Waals surface area contributed by atoms with Crippen molar-refractivity contribution in [1.82, 2.24) is 0 Å². The minimum absolute atomic E-state index is 0.106. The SMILES string of the molecule is O=[N+]([O-])c1cccc(Cl)c1C1(O)c2ccccc2-c2ccccc21. The average Bonchev–Trinajstić information content (AvgIpc) is 2.85. The third-order valence-corrected chi connectivity index (χ3v) is 4.79. The van der Waals surface area contributed by atoms with Crippen LogP contribution in [0.1, 0.15) is 16.7 Å². The van der Waals surface area contributed by atoms with Crippen molar-refractivity contribution in [3.63, 3.8) is 0 Å². The molecule has 0 atom stereocenters. The van der Waals surface area contributed by atoms with E-state index in [1.165, 1.54) is 12.1 Å². The number of aliphatic hydroxyl groups is 1. The van der Waals surface area contributed by atoms with E-state index in [-0.39, 0.29) is 16.3 Å². The van der Waals surface area contributed by atoms with Crippen molar-refractivity contribution in [2.45, 2.75) is 5.60 Å². The number of nitrogens with zero attached hydrogens (tertiary/aromatic N) is 1. The Balaban J connectivity index is 2.15. The third kappa shape index (κ3) is 1.84. The summed E-state index contributed by atoms with van der Waals surface area (Å²) in [6.45, 7) is 0. The van der Waals surface area contributed by atoms with Crippen LogP contribution in [0, 0.1) is 10.1 Å². The summed E-state index contributed by atoms with van der Waals surface area (Å²) in [5.41, 5.74) is 1.15. The lowest BCUT2D eigenvalue weighted by Gasteiger charge is -2.27. The molecule has 0 amide bonds. The molecule has 0 unspecified atom stereocenters. The summed E-state index contributed by atoms with van der Waals surface area (Å²) < 4.78 is 0. The van der Waals surface area contributed by atoms with Gasteiger partial charge in [0.25, 0.3) is 5.69 Å². The number of nitro groups is 1. The summed E-state index contributed by atoms with van der Waals surface area (Å²) >= 11 is 6.31. The van der Waals surface area contributed by atoms with Crippen LogP contribution in [0.3, 0.4) is 0 Å². The average molecular weight is 338 g/mol. The molecule has 3 aromatic carbocycles. The Labute approximate surface area is 143 Å². The van der Waals surface area contributed by atoms with Crippen LogP contribution >= 0.6 is 11.6 Å². The number of halogens is 1. The van der Waals surface area contributed by atoms with Crippen LogP contribution in [-0.4, -0.2) is 10.0 Å². The molecule has 0 saturated heterocycles. The number of hydrogen-bond acceptors (Lipinski definition) is 3. The monoisotopic (exact) mass is 337 g/mol. The predicted molar refractivity (Wildman–Crippen MR) is 92.1 cm³/mol. The van der Waals surface area contributed by atoms with Crippen molar-refractivity contribution in [3.05, 3.63) is 98.6 Å². The smallest absolute Gasteiger partial charge is 0.277 e. The number of fused-ring (bicyclic) bond motifs is 3. The molecule has 0 fully saturated rings. The highest BCUT2D eigenvalue weighted by Gasteiger charge is 2.47. The highest BCUT2D eigenvalue weighted by Crippen LogP contribution is 2.54. The van der Waals surface area contributed by atoms with E-state index in [2.05, 4.69) is 0 Å². The molecule has 0 heterocycles.